The third-order valence-corrected chi connectivity index (χ3v) is 1.96. The van der Waals surface area contributed by atoms with Crippen molar-refractivity contribution in [2.24, 2.45) is 11.8 Å². The van der Waals surface area contributed by atoms with Crippen LogP contribution in [0.2, 0.25) is 0 Å². The summed E-state index contributed by atoms with van der Waals surface area (Å²) >= 11 is 10.7. The minimum Gasteiger partial charge on any atom is -0.481 e. The van der Waals surface area contributed by atoms with Gasteiger partial charge in [-0.2, -0.15) is 0 Å². The summed E-state index contributed by atoms with van der Waals surface area (Å²) in [5, 5.41) is 8.74. The summed E-state index contributed by atoms with van der Waals surface area (Å²) in [5.41, 5.74) is 0. The van der Waals surface area contributed by atoms with E-state index in [0.717, 1.165) is 0 Å². The molecule has 0 aliphatic heterocycles. The van der Waals surface area contributed by atoms with Crippen molar-refractivity contribution < 1.29 is 9.90 Å². The summed E-state index contributed by atoms with van der Waals surface area (Å²) < 4.78 is 0.127. The van der Waals surface area contributed by atoms with Gasteiger partial charge in [0, 0.05) is 0 Å². The molecule has 1 unspecified atom stereocenters. The molecule has 1 N–H and O–H groups in total. The van der Waals surface area contributed by atoms with Gasteiger partial charge in [0.15, 0.2) is 0 Å². The molecule has 0 heterocycles. The molecule has 0 fully saturated rings. The fourth-order valence-electron chi connectivity index (χ4n) is 0.874. The first kappa shape index (κ1) is 11.8. The number of rotatable bonds is 4. The zero-order valence-corrected chi connectivity index (χ0v) is 8.56. The van der Waals surface area contributed by atoms with Crippen LogP contribution in [-0.4, -0.2) is 11.1 Å². The van der Waals surface area contributed by atoms with Gasteiger partial charge in [-0.3, -0.25) is 4.79 Å². The average molecular weight is 211 g/mol. The van der Waals surface area contributed by atoms with Gasteiger partial charge in [-0.05, 0) is 12.3 Å². The van der Waals surface area contributed by atoms with Crippen molar-refractivity contribution in [3.63, 3.8) is 0 Å². The summed E-state index contributed by atoms with van der Waals surface area (Å²) in [6, 6.07) is 0. The number of carboxylic acid groups (broad SMARTS) is 1. The summed E-state index contributed by atoms with van der Waals surface area (Å²) in [7, 11) is 0. The Balaban J connectivity index is 4.15. The van der Waals surface area contributed by atoms with Crippen LogP contribution in [0.3, 0.4) is 0 Å². The van der Waals surface area contributed by atoms with Crippen molar-refractivity contribution in [3.05, 3.63) is 10.6 Å². The van der Waals surface area contributed by atoms with Crippen LogP contribution in [-0.2, 0) is 4.79 Å². The molecule has 0 aromatic heterocycles. The van der Waals surface area contributed by atoms with Crippen LogP contribution >= 0.6 is 23.2 Å². The topological polar surface area (TPSA) is 37.3 Å². The van der Waals surface area contributed by atoms with E-state index < -0.39 is 11.9 Å². The van der Waals surface area contributed by atoms with E-state index in [1.807, 2.05) is 13.8 Å². The van der Waals surface area contributed by atoms with E-state index in [1.54, 1.807) is 0 Å². The maximum atomic E-state index is 10.6. The number of hydrogen-bond donors (Lipinski definition) is 1. The lowest BCUT2D eigenvalue weighted by Gasteiger charge is -2.13. The van der Waals surface area contributed by atoms with E-state index in [-0.39, 0.29) is 10.4 Å². The van der Waals surface area contributed by atoms with Crippen molar-refractivity contribution in [1.29, 1.82) is 0 Å². The quantitative estimate of drug-likeness (QED) is 0.775. The van der Waals surface area contributed by atoms with E-state index in [1.165, 1.54) is 6.08 Å². The minimum absolute atomic E-state index is 0.0893. The Kier molecular flexibility index (Phi) is 5.34. The first-order valence-electron chi connectivity index (χ1n) is 3.69. The van der Waals surface area contributed by atoms with Crippen LogP contribution in [0.15, 0.2) is 10.6 Å². The SMILES string of the molecule is CC(C)C(CC=C(Cl)Cl)C(=O)O. The maximum Gasteiger partial charge on any atom is 0.307 e. The van der Waals surface area contributed by atoms with Crippen molar-refractivity contribution in [2.45, 2.75) is 20.3 Å². The average Bonchev–Trinajstić information content (AvgIpc) is 1.84. The second kappa shape index (κ2) is 5.44. The zero-order valence-electron chi connectivity index (χ0n) is 7.05. The van der Waals surface area contributed by atoms with Crippen molar-refractivity contribution in [1.82, 2.24) is 0 Å². The first-order valence-corrected chi connectivity index (χ1v) is 4.44. The van der Waals surface area contributed by atoms with Crippen LogP contribution in [0.5, 0.6) is 0 Å². The molecule has 0 saturated carbocycles. The van der Waals surface area contributed by atoms with Crippen LogP contribution in [0, 0.1) is 11.8 Å². The van der Waals surface area contributed by atoms with Gasteiger partial charge in [0.05, 0.1) is 5.92 Å². The van der Waals surface area contributed by atoms with Gasteiger partial charge in [-0.25, -0.2) is 0 Å². The molecule has 0 radical (unpaired) electrons. The highest BCUT2D eigenvalue weighted by Crippen LogP contribution is 2.18. The van der Waals surface area contributed by atoms with E-state index >= 15 is 0 Å². The third-order valence-electron chi connectivity index (χ3n) is 1.65. The summed E-state index contributed by atoms with van der Waals surface area (Å²) in [6.45, 7) is 3.71. The Morgan fingerprint density at radius 1 is 1.50 bits per heavy atom. The molecule has 0 rings (SSSR count). The molecule has 0 bridgehead atoms. The van der Waals surface area contributed by atoms with Gasteiger partial charge in [0.1, 0.15) is 4.49 Å². The number of halogens is 2. The molecule has 0 spiro atoms. The van der Waals surface area contributed by atoms with Gasteiger partial charge < -0.3 is 5.11 Å². The van der Waals surface area contributed by atoms with E-state index in [4.69, 9.17) is 28.3 Å². The van der Waals surface area contributed by atoms with Gasteiger partial charge in [-0.1, -0.05) is 43.1 Å². The predicted molar refractivity (Wildman–Crippen MR) is 50.4 cm³/mol. The van der Waals surface area contributed by atoms with Crippen molar-refractivity contribution in [3.8, 4) is 0 Å². The number of carboxylic acids is 1. The van der Waals surface area contributed by atoms with Gasteiger partial charge >= 0.3 is 5.97 Å². The monoisotopic (exact) mass is 210 g/mol. The van der Waals surface area contributed by atoms with Crippen LogP contribution in [0.4, 0.5) is 0 Å². The Morgan fingerprint density at radius 3 is 2.25 bits per heavy atom. The van der Waals surface area contributed by atoms with E-state index in [9.17, 15) is 4.79 Å². The molecule has 0 amide bonds. The molecule has 1 atom stereocenters. The molecule has 0 aliphatic rings. The highest BCUT2D eigenvalue weighted by Gasteiger charge is 2.19. The zero-order chi connectivity index (χ0) is 9.72. The second-order valence-corrected chi connectivity index (χ2v) is 3.93. The Hall–Kier alpha value is -0.210. The Bertz CT molecular complexity index is 183. The summed E-state index contributed by atoms with van der Waals surface area (Å²) in [5.74, 6) is -1.13. The Morgan fingerprint density at radius 2 is 2.00 bits per heavy atom. The number of carbonyl (C=O) groups is 1. The molecule has 12 heavy (non-hydrogen) atoms. The van der Waals surface area contributed by atoms with Gasteiger partial charge in [0.25, 0.3) is 0 Å². The standard InChI is InChI=1S/C8H12Cl2O2/c1-5(2)6(8(11)12)3-4-7(9)10/h4-6H,3H2,1-2H3,(H,11,12). The fraction of sp³-hybridized carbons (Fsp3) is 0.625. The molecule has 2 nitrogen and oxygen atoms in total. The largest absolute Gasteiger partial charge is 0.481 e. The number of allylic oxidation sites excluding steroid dienone is 1. The first-order chi connectivity index (χ1) is 5.45. The highest BCUT2D eigenvalue weighted by atomic mass is 35.5. The summed E-state index contributed by atoms with van der Waals surface area (Å²) in [6.07, 6.45) is 1.90. The molecular weight excluding hydrogens is 199 g/mol. The lowest BCUT2D eigenvalue weighted by Crippen LogP contribution is -2.18. The van der Waals surface area contributed by atoms with Gasteiger partial charge in [-0.15, -0.1) is 0 Å². The molecule has 70 valence electrons. The van der Waals surface area contributed by atoms with Crippen molar-refractivity contribution >= 4 is 29.2 Å². The highest BCUT2D eigenvalue weighted by molar-refractivity contribution is 6.55. The Labute approximate surface area is 82.2 Å². The molecule has 0 saturated heterocycles. The minimum atomic E-state index is -0.809. The molecular formula is C8H12Cl2O2. The maximum absolute atomic E-state index is 10.6. The second-order valence-electron chi connectivity index (χ2n) is 2.92. The smallest absolute Gasteiger partial charge is 0.307 e. The normalized spacial score (nSPS) is 12.8. The van der Waals surface area contributed by atoms with Crippen LogP contribution in [0.1, 0.15) is 20.3 Å². The number of hydrogen-bond acceptors (Lipinski definition) is 1. The van der Waals surface area contributed by atoms with Crippen molar-refractivity contribution in [2.75, 3.05) is 0 Å². The van der Waals surface area contributed by atoms with E-state index in [2.05, 4.69) is 0 Å². The molecule has 4 heteroatoms. The summed E-state index contributed by atoms with van der Waals surface area (Å²) in [4.78, 5) is 10.6. The molecule has 0 aromatic rings. The van der Waals surface area contributed by atoms with Crippen LogP contribution < -0.4 is 0 Å². The molecule has 0 aliphatic carbocycles. The number of aliphatic carboxylic acids is 1. The van der Waals surface area contributed by atoms with Crippen LogP contribution in [0.25, 0.3) is 0 Å². The predicted octanol–water partition coefficient (Wildman–Crippen LogP) is 3.05. The van der Waals surface area contributed by atoms with Gasteiger partial charge in [0.2, 0.25) is 0 Å². The third kappa shape index (κ3) is 4.62. The lowest BCUT2D eigenvalue weighted by molar-refractivity contribution is -0.143. The van der Waals surface area contributed by atoms with E-state index in [0.29, 0.717) is 6.42 Å². The fourth-order valence-corrected chi connectivity index (χ4v) is 1.05. The molecule has 0 aromatic carbocycles. The lowest BCUT2D eigenvalue weighted by atomic mass is 9.93.